The van der Waals surface area contributed by atoms with Gasteiger partial charge in [-0.2, -0.15) is 0 Å². The number of likely N-dealkylation sites (N-methyl/N-ethyl adjacent to an activating group) is 1. The van der Waals surface area contributed by atoms with Crippen molar-refractivity contribution in [1.82, 2.24) is 10.2 Å². The average molecular weight is 655 g/mol. The van der Waals surface area contributed by atoms with Crippen molar-refractivity contribution in [2.75, 3.05) is 24.5 Å². The van der Waals surface area contributed by atoms with Crippen molar-refractivity contribution < 1.29 is 22.7 Å². The summed E-state index contributed by atoms with van der Waals surface area (Å²) in [7, 11) is -2.73. The second kappa shape index (κ2) is 15.1. The molecule has 8 nitrogen and oxygen atoms in total. The maximum Gasteiger partial charge on any atom is 0.264 e. The molecule has 0 aliphatic rings. The van der Waals surface area contributed by atoms with Crippen molar-refractivity contribution in [1.29, 1.82) is 0 Å². The fourth-order valence-electron chi connectivity index (χ4n) is 4.75. The number of sulfonamides is 1. The number of anilines is 1. The van der Waals surface area contributed by atoms with Crippen LogP contribution in [0.3, 0.4) is 0 Å². The van der Waals surface area contributed by atoms with E-state index in [1.165, 1.54) is 42.3 Å². The molecule has 0 aliphatic carbocycles. The van der Waals surface area contributed by atoms with Crippen LogP contribution < -0.4 is 14.4 Å². The summed E-state index contributed by atoms with van der Waals surface area (Å²) in [5, 5.41) is 3.24. The molecule has 0 fully saturated rings. The van der Waals surface area contributed by atoms with Gasteiger partial charge in [-0.15, -0.1) is 0 Å². The molecule has 4 rings (SSSR count). The minimum absolute atomic E-state index is 0.0141. The van der Waals surface area contributed by atoms with E-state index in [4.69, 9.17) is 27.9 Å². The van der Waals surface area contributed by atoms with Crippen LogP contribution in [0.4, 0.5) is 5.69 Å². The van der Waals surface area contributed by atoms with E-state index in [1.54, 1.807) is 43.3 Å². The first-order valence-electron chi connectivity index (χ1n) is 13.9. The van der Waals surface area contributed by atoms with E-state index in [-0.39, 0.29) is 39.5 Å². The van der Waals surface area contributed by atoms with E-state index in [1.807, 2.05) is 36.4 Å². The molecule has 0 spiro atoms. The number of rotatable bonds is 13. The van der Waals surface area contributed by atoms with Crippen molar-refractivity contribution in [2.45, 2.75) is 30.8 Å². The molecular weight excluding hydrogens is 621 g/mol. The Hall–Kier alpha value is -4.05. The molecule has 0 heterocycles. The molecule has 0 aliphatic heterocycles. The van der Waals surface area contributed by atoms with E-state index in [0.717, 1.165) is 9.87 Å². The minimum Gasteiger partial charge on any atom is -0.497 e. The molecule has 0 aromatic heterocycles. The third-order valence-electron chi connectivity index (χ3n) is 6.85. The number of benzene rings is 4. The minimum atomic E-state index is -4.27. The van der Waals surface area contributed by atoms with Crippen LogP contribution in [0.5, 0.6) is 5.75 Å². The highest BCUT2D eigenvalue weighted by Gasteiger charge is 2.34. The summed E-state index contributed by atoms with van der Waals surface area (Å²) in [6.07, 6.45) is 0.205. The topological polar surface area (TPSA) is 96.0 Å². The summed E-state index contributed by atoms with van der Waals surface area (Å²) in [6, 6.07) is 27.6. The predicted molar refractivity (Wildman–Crippen MR) is 174 cm³/mol. The fraction of sp³-hybridized carbons (Fsp3) is 0.212. The zero-order valence-corrected chi connectivity index (χ0v) is 26.6. The van der Waals surface area contributed by atoms with Crippen LogP contribution in [0.1, 0.15) is 18.1 Å². The first-order valence-corrected chi connectivity index (χ1v) is 16.1. The molecule has 0 unspecified atom stereocenters. The van der Waals surface area contributed by atoms with Gasteiger partial charge in [0.15, 0.2) is 0 Å². The van der Waals surface area contributed by atoms with Gasteiger partial charge in [-0.3, -0.25) is 13.9 Å². The molecule has 230 valence electrons. The molecular formula is C33H33Cl2N3O5S. The quantitative estimate of drug-likeness (QED) is 0.192. The van der Waals surface area contributed by atoms with Gasteiger partial charge in [-0.05, 0) is 60.5 Å². The Labute approximate surface area is 268 Å². The second-order valence-corrected chi connectivity index (χ2v) is 12.7. The van der Waals surface area contributed by atoms with E-state index in [2.05, 4.69) is 5.32 Å². The van der Waals surface area contributed by atoms with E-state index < -0.39 is 28.5 Å². The average Bonchev–Trinajstić information content (AvgIpc) is 3.02. The Kier molecular flexibility index (Phi) is 11.3. The van der Waals surface area contributed by atoms with Gasteiger partial charge in [0.1, 0.15) is 18.3 Å². The van der Waals surface area contributed by atoms with Crippen molar-refractivity contribution in [3.8, 4) is 5.75 Å². The van der Waals surface area contributed by atoms with Crippen molar-refractivity contribution in [2.24, 2.45) is 0 Å². The molecule has 4 aromatic carbocycles. The number of hydrogen-bond donors (Lipinski definition) is 1. The van der Waals surface area contributed by atoms with Crippen LogP contribution in [0, 0.1) is 0 Å². The Morgan fingerprint density at radius 1 is 0.841 bits per heavy atom. The molecule has 11 heteroatoms. The zero-order chi connectivity index (χ0) is 31.7. The fourth-order valence-corrected chi connectivity index (χ4v) is 6.68. The smallest absolute Gasteiger partial charge is 0.264 e. The van der Waals surface area contributed by atoms with Gasteiger partial charge in [-0.1, -0.05) is 83.9 Å². The highest BCUT2D eigenvalue weighted by atomic mass is 35.5. The van der Waals surface area contributed by atoms with Crippen LogP contribution in [0.25, 0.3) is 0 Å². The molecule has 0 saturated carbocycles. The molecule has 1 N–H and O–H groups in total. The van der Waals surface area contributed by atoms with Crippen molar-refractivity contribution >= 4 is 50.7 Å². The van der Waals surface area contributed by atoms with Gasteiger partial charge in [0.25, 0.3) is 10.0 Å². The standard InChI is InChI=1S/C33H33Cl2N3O5S/c1-3-36-33(40)31(18-24-11-6-4-7-12-24)37(22-25-13-10-14-29(17-25)43-2)32(39)23-38(28-20-26(34)19-27(35)21-28)44(41,42)30-15-8-5-9-16-30/h4-17,19-21,31H,3,18,22-23H2,1-2H3,(H,36,40)/t31-/m1/s1. The highest BCUT2D eigenvalue weighted by Crippen LogP contribution is 2.30. The Bertz CT molecular complexity index is 1670. The van der Waals surface area contributed by atoms with Crippen LogP contribution in [0.15, 0.2) is 108 Å². The Balaban J connectivity index is 1.82. The molecule has 2 amide bonds. The molecule has 0 radical (unpaired) electrons. The van der Waals surface area contributed by atoms with Crippen molar-refractivity contribution in [3.05, 3.63) is 124 Å². The number of nitrogens with one attached hydrogen (secondary N) is 1. The van der Waals surface area contributed by atoms with E-state index >= 15 is 0 Å². The van der Waals surface area contributed by atoms with Gasteiger partial charge >= 0.3 is 0 Å². The molecule has 4 aromatic rings. The monoisotopic (exact) mass is 653 g/mol. The van der Waals surface area contributed by atoms with Crippen LogP contribution in [-0.2, 0) is 32.6 Å². The Morgan fingerprint density at radius 2 is 1.45 bits per heavy atom. The van der Waals surface area contributed by atoms with Gasteiger partial charge in [0, 0.05) is 29.6 Å². The summed E-state index contributed by atoms with van der Waals surface area (Å²) in [6.45, 7) is 1.53. The normalized spacial score (nSPS) is 11.8. The Morgan fingerprint density at radius 3 is 2.07 bits per heavy atom. The lowest BCUT2D eigenvalue weighted by molar-refractivity contribution is -0.140. The number of carbonyl (C=O) groups is 2. The maximum absolute atomic E-state index is 14.4. The largest absolute Gasteiger partial charge is 0.497 e. The summed E-state index contributed by atoms with van der Waals surface area (Å²) in [5.41, 5.74) is 1.64. The van der Waals surface area contributed by atoms with Gasteiger partial charge in [-0.25, -0.2) is 8.42 Å². The number of methoxy groups -OCH3 is 1. The molecule has 44 heavy (non-hydrogen) atoms. The van der Waals surface area contributed by atoms with Gasteiger partial charge in [0.2, 0.25) is 11.8 Å². The number of hydrogen-bond acceptors (Lipinski definition) is 5. The predicted octanol–water partition coefficient (Wildman–Crippen LogP) is 5.97. The number of amides is 2. The molecule has 1 atom stereocenters. The van der Waals surface area contributed by atoms with E-state index in [0.29, 0.717) is 17.9 Å². The van der Waals surface area contributed by atoms with Crippen molar-refractivity contribution in [3.63, 3.8) is 0 Å². The lowest BCUT2D eigenvalue weighted by Crippen LogP contribution is -2.53. The number of nitrogens with zero attached hydrogens (tertiary/aromatic N) is 2. The number of carbonyl (C=O) groups excluding carboxylic acids is 2. The number of halogens is 2. The first-order chi connectivity index (χ1) is 21.1. The summed E-state index contributed by atoms with van der Waals surface area (Å²) in [4.78, 5) is 29.4. The third kappa shape index (κ3) is 8.31. The maximum atomic E-state index is 14.4. The molecule has 0 saturated heterocycles. The SMILES string of the molecule is CCNC(=O)[C@@H](Cc1ccccc1)N(Cc1cccc(OC)c1)C(=O)CN(c1cc(Cl)cc(Cl)c1)S(=O)(=O)c1ccccc1. The lowest BCUT2D eigenvalue weighted by Gasteiger charge is -2.34. The zero-order valence-electron chi connectivity index (χ0n) is 24.3. The first kappa shape index (κ1) is 32.9. The molecule has 0 bridgehead atoms. The van der Waals surface area contributed by atoms with Gasteiger partial charge < -0.3 is 15.0 Å². The highest BCUT2D eigenvalue weighted by molar-refractivity contribution is 7.92. The van der Waals surface area contributed by atoms with Crippen LogP contribution >= 0.6 is 23.2 Å². The summed E-state index contributed by atoms with van der Waals surface area (Å²) >= 11 is 12.6. The van der Waals surface area contributed by atoms with Crippen LogP contribution in [-0.4, -0.2) is 51.4 Å². The van der Waals surface area contributed by atoms with Gasteiger partial charge in [0.05, 0.1) is 17.7 Å². The summed E-state index contributed by atoms with van der Waals surface area (Å²) in [5.74, 6) is -0.388. The second-order valence-electron chi connectivity index (χ2n) is 9.93. The van der Waals surface area contributed by atoms with E-state index in [9.17, 15) is 18.0 Å². The lowest BCUT2D eigenvalue weighted by atomic mass is 10.0. The van der Waals surface area contributed by atoms with Crippen LogP contribution in [0.2, 0.25) is 10.0 Å². The number of ether oxygens (including phenoxy) is 1. The third-order valence-corrected chi connectivity index (χ3v) is 9.08. The summed E-state index contributed by atoms with van der Waals surface area (Å²) < 4.78 is 34.4.